The number of hydrogen-bond donors (Lipinski definition) is 0. The van der Waals surface area contributed by atoms with Crippen molar-refractivity contribution in [3.63, 3.8) is 0 Å². The van der Waals surface area contributed by atoms with Crippen molar-refractivity contribution in [1.82, 2.24) is 4.90 Å². The lowest BCUT2D eigenvalue weighted by atomic mass is 10.0. The third-order valence-corrected chi connectivity index (χ3v) is 3.86. The number of non-ortho nitro benzene ring substituents is 1. The predicted octanol–water partition coefficient (Wildman–Crippen LogP) is 3.31. The first-order valence-electron chi connectivity index (χ1n) is 7.88. The third-order valence-electron chi connectivity index (χ3n) is 3.86. The number of likely N-dealkylation sites (tertiary alicyclic amines) is 1. The van der Waals surface area contributed by atoms with Crippen molar-refractivity contribution in [3.05, 3.63) is 39.9 Å². The number of imide groups is 1. The topological polar surface area (TPSA) is 89.8 Å². The van der Waals surface area contributed by atoms with Crippen LogP contribution in [0, 0.1) is 16.0 Å². The molecular formula is C17H22N2O5. The second-order valence-corrected chi connectivity index (χ2v) is 7.11. The maximum absolute atomic E-state index is 12.4. The van der Waals surface area contributed by atoms with Gasteiger partial charge in [0, 0.05) is 24.1 Å². The number of nitro groups is 1. The lowest BCUT2D eigenvalue weighted by Crippen LogP contribution is -2.43. The van der Waals surface area contributed by atoms with Crippen LogP contribution in [0.15, 0.2) is 24.3 Å². The summed E-state index contributed by atoms with van der Waals surface area (Å²) in [6.45, 7) is 7.04. The molecule has 0 aliphatic carbocycles. The molecule has 1 heterocycles. The second-order valence-electron chi connectivity index (χ2n) is 7.11. The molecule has 24 heavy (non-hydrogen) atoms. The van der Waals surface area contributed by atoms with Gasteiger partial charge in [-0.15, -0.1) is 0 Å². The first-order valence-corrected chi connectivity index (χ1v) is 7.88. The summed E-state index contributed by atoms with van der Waals surface area (Å²) in [5.41, 5.74) is 0.167. The van der Waals surface area contributed by atoms with E-state index in [1.807, 2.05) is 0 Å². The quantitative estimate of drug-likeness (QED) is 0.625. The fourth-order valence-electron chi connectivity index (χ4n) is 2.78. The van der Waals surface area contributed by atoms with Gasteiger partial charge in [0.25, 0.3) is 5.69 Å². The van der Waals surface area contributed by atoms with Gasteiger partial charge in [0.1, 0.15) is 5.60 Å². The number of nitrogens with zero attached hydrogens (tertiary/aromatic N) is 2. The highest BCUT2D eigenvalue weighted by atomic mass is 16.6. The Hall–Kier alpha value is -2.44. The van der Waals surface area contributed by atoms with Crippen LogP contribution < -0.4 is 0 Å². The fraction of sp³-hybridized carbons (Fsp3) is 0.529. The number of nitro benzene ring substituents is 1. The van der Waals surface area contributed by atoms with Gasteiger partial charge < -0.3 is 4.74 Å². The molecule has 0 aromatic heterocycles. The van der Waals surface area contributed by atoms with E-state index < -0.39 is 16.6 Å². The van der Waals surface area contributed by atoms with E-state index in [1.165, 1.54) is 17.0 Å². The van der Waals surface area contributed by atoms with Crippen LogP contribution >= 0.6 is 0 Å². The van der Waals surface area contributed by atoms with Gasteiger partial charge in [-0.1, -0.05) is 19.1 Å². The second kappa shape index (κ2) is 6.59. The van der Waals surface area contributed by atoms with Gasteiger partial charge in [-0.3, -0.25) is 14.9 Å². The van der Waals surface area contributed by atoms with E-state index in [0.29, 0.717) is 12.8 Å². The Morgan fingerprint density at radius 1 is 1.33 bits per heavy atom. The van der Waals surface area contributed by atoms with E-state index in [9.17, 15) is 19.7 Å². The van der Waals surface area contributed by atoms with E-state index in [0.717, 1.165) is 5.56 Å². The van der Waals surface area contributed by atoms with Crippen molar-refractivity contribution >= 4 is 17.7 Å². The lowest BCUT2D eigenvalue weighted by Gasteiger charge is -2.27. The van der Waals surface area contributed by atoms with Crippen LogP contribution in [0.1, 0.15) is 39.7 Å². The van der Waals surface area contributed by atoms with Crippen molar-refractivity contribution in [2.24, 2.45) is 5.92 Å². The smallest absolute Gasteiger partial charge is 0.417 e. The molecule has 7 nitrogen and oxygen atoms in total. The molecule has 1 aliphatic heterocycles. The van der Waals surface area contributed by atoms with Gasteiger partial charge >= 0.3 is 6.09 Å². The van der Waals surface area contributed by atoms with Crippen molar-refractivity contribution in [2.75, 3.05) is 0 Å². The highest BCUT2D eigenvalue weighted by Gasteiger charge is 2.42. The maximum Gasteiger partial charge on any atom is 0.417 e. The van der Waals surface area contributed by atoms with Gasteiger partial charge in [0.05, 0.1) is 4.92 Å². The van der Waals surface area contributed by atoms with E-state index in [1.54, 1.807) is 39.8 Å². The summed E-state index contributed by atoms with van der Waals surface area (Å²) in [5.74, 6) is -0.489. The summed E-state index contributed by atoms with van der Waals surface area (Å²) in [6, 6.07) is 5.85. The summed E-state index contributed by atoms with van der Waals surface area (Å²) in [7, 11) is 0. The van der Waals surface area contributed by atoms with Crippen LogP contribution in [-0.4, -0.2) is 33.5 Å². The number of benzene rings is 1. The van der Waals surface area contributed by atoms with Crippen LogP contribution in [0.25, 0.3) is 0 Å². The first-order chi connectivity index (χ1) is 11.1. The average Bonchev–Trinajstić information content (AvgIpc) is 2.72. The Morgan fingerprint density at radius 3 is 2.42 bits per heavy atom. The molecule has 0 bridgehead atoms. The first kappa shape index (κ1) is 17.9. The Morgan fingerprint density at radius 2 is 1.92 bits per heavy atom. The Balaban J connectivity index is 2.16. The van der Waals surface area contributed by atoms with E-state index in [-0.39, 0.29) is 23.6 Å². The summed E-state index contributed by atoms with van der Waals surface area (Å²) in [5, 5.41) is 10.7. The van der Waals surface area contributed by atoms with Crippen molar-refractivity contribution in [2.45, 2.75) is 52.2 Å². The zero-order chi connectivity index (χ0) is 18.1. The standard InChI is InChI=1S/C17H22N2O5/c1-11-9-14(10-12-5-7-13(8-6-12)19(22)23)18(15(11)20)16(21)24-17(2,3)4/h5-8,11,14H,9-10H2,1-4H3/t11-,14-/m1/s1. The van der Waals surface area contributed by atoms with Gasteiger partial charge in [-0.25, -0.2) is 9.69 Å². The van der Waals surface area contributed by atoms with E-state index >= 15 is 0 Å². The van der Waals surface area contributed by atoms with Gasteiger partial charge in [0.15, 0.2) is 0 Å². The highest BCUT2D eigenvalue weighted by Crippen LogP contribution is 2.29. The van der Waals surface area contributed by atoms with Crippen LogP contribution in [-0.2, 0) is 16.0 Å². The molecule has 1 aromatic carbocycles. The highest BCUT2D eigenvalue weighted by molar-refractivity contribution is 5.95. The number of carbonyl (C=O) groups excluding carboxylic acids is 2. The minimum absolute atomic E-state index is 0.0126. The van der Waals surface area contributed by atoms with E-state index in [2.05, 4.69) is 0 Å². The Bertz CT molecular complexity index is 648. The molecule has 2 atom stereocenters. The predicted molar refractivity (Wildman–Crippen MR) is 87.4 cm³/mol. The molecule has 0 N–H and O–H groups in total. The molecule has 1 saturated heterocycles. The average molecular weight is 334 g/mol. The van der Waals surface area contributed by atoms with Crippen molar-refractivity contribution in [3.8, 4) is 0 Å². The van der Waals surface area contributed by atoms with Crippen LogP contribution in [0.3, 0.4) is 0 Å². The van der Waals surface area contributed by atoms with Gasteiger partial charge in [-0.2, -0.15) is 0 Å². The minimum Gasteiger partial charge on any atom is -0.443 e. The van der Waals surface area contributed by atoms with Crippen LogP contribution in [0.5, 0.6) is 0 Å². The monoisotopic (exact) mass is 334 g/mol. The minimum atomic E-state index is -0.679. The number of amides is 2. The maximum atomic E-state index is 12.4. The number of rotatable bonds is 3. The molecular weight excluding hydrogens is 312 g/mol. The molecule has 2 amide bonds. The Labute approximate surface area is 140 Å². The lowest BCUT2D eigenvalue weighted by molar-refractivity contribution is -0.384. The zero-order valence-electron chi connectivity index (χ0n) is 14.3. The van der Waals surface area contributed by atoms with Crippen molar-refractivity contribution < 1.29 is 19.2 Å². The molecule has 1 fully saturated rings. The number of carbonyl (C=O) groups is 2. The van der Waals surface area contributed by atoms with Crippen LogP contribution in [0.2, 0.25) is 0 Å². The largest absolute Gasteiger partial charge is 0.443 e. The SMILES string of the molecule is C[C@@H]1C[C@H](Cc2ccc([N+](=O)[O-])cc2)N(C(=O)OC(C)(C)C)C1=O. The third kappa shape index (κ3) is 4.10. The van der Waals surface area contributed by atoms with E-state index in [4.69, 9.17) is 4.74 Å². The number of hydrogen-bond acceptors (Lipinski definition) is 5. The molecule has 0 radical (unpaired) electrons. The summed E-state index contributed by atoms with van der Waals surface area (Å²) < 4.78 is 5.34. The summed E-state index contributed by atoms with van der Waals surface area (Å²) in [6.07, 6.45) is 0.367. The molecule has 7 heteroatoms. The van der Waals surface area contributed by atoms with Crippen LogP contribution in [0.4, 0.5) is 10.5 Å². The number of ether oxygens (including phenoxy) is 1. The molecule has 2 rings (SSSR count). The molecule has 0 spiro atoms. The molecule has 0 unspecified atom stereocenters. The fourth-order valence-corrected chi connectivity index (χ4v) is 2.78. The molecule has 1 aliphatic rings. The molecule has 0 saturated carbocycles. The van der Waals surface area contributed by atoms with Gasteiger partial charge in [-0.05, 0) is 39.2 Å². The Kier molecular flexibility index (Phi) is 4.91. The molecule has 130 valence electrons. The normalized spacial score (nSPS) is 21.0. The zero-order valence-corrected chi connectivity index (χ0v) is 14.3. The summed E-state index contributed by atoms with van der Waals surface area (Å²) in [4.78, 5) is 36.1. The molecule has 1 aromatic rings. The van der Waals surface area contributed by atoms with Gasteiger partial charge in [0.2, 0.25) is 5.91 Å². The van der Waals surface area contributed by atoms with Crippen molar-refractivity contribution in [1.29, 1.82) is 0 Å². The summed E-state index contributed by atoms with van der Waals surface area (Å²) >= 11 is 0.